The van der Waals surface area contributed by atoms with Crippen LogP contribution in [0.4, 0.5) is 0 Å². The van der Waals surface area contributed by atoms with Crippen molar-refractivity contribution in [2.45, 2.75) is 13.5 Å². The molecule has 0 saturated carbocycles. The number of aryl methyl sites for hydroxylation is 1. The van der Waals surface area contributed by atoms with Crippen LogP contribution >= 0.6 is 11.3 Å². The summed E-state index contributed by atoms with van der Waals surface area (Å²) >= 11 is 1.56. The molecular formula is C8H9N5OS. The van der Waals surface area contributed by atoms with Crippen LogP contribution in [0.15, 0.2) is 11.7 Å². The summed E-state index contributed by atoms with van der Waals surface area (Å²) in [5.41, 5.74) is 0.852. The van der Waals surface area contributed by atoms with Crippen LogP contribution in [-0.2, 0) is 6.54 Å². The van der Waals surface area contributed by atoms with Gasteiger partial charge in [-0.3, -0.25) is 9.89 Å². The zero-order valence-corrected chi connectivity index (χ0v) is 8.84. The van der Waals surface area contributed by atoms with Crippen LogP contribution in [-0.4, -0.2) is 26.1 Å². The number of rotatable bonds is 3. The normalized spacial score (nSPS) is 10.2. The Kier molecular flexibility index (Phi) is 2.72. The van der Waals surface area contributed by atoms with E-state index in [1.807, 2.05) is 12.3 Å². The van der Waals surface area contributed by atoms with E-state index in [0.717, 1.165) is 10.7 Å². The third kappa shape index (κ3) is 2.38. The van der Waals surface area contributed by atoms with Gasteiger partial charge in [0.15, 0.2) is 0 Å². The van der Waals surface area contributed by atoms with Crippen molar-refractivity contribution in [3.05, 3.63) is 28.2 Å². The van der Waals surface area contributed by atoms with Crippen molar-refractivity contribution in [2.75, 3.05) is 0 Å². The van der Waals surface area contributed by atoms with Crippen molar-refractivity contribution in [2.24, 2.45) is 0 Å². The van der Waals surface area contributed by atoms with Crippen molar-refractivity contribution in [1.29, 1.82) is 0 Å². The number of nitrogens with one attached hydrogen (secondary N) is 2. The van der Waals surface area contributed by atoms with Gasteiger partial charge in [-0.05, 0) is 6.92 Å². The lowest BCUT2D eigenvalue weighted by molar-refractivity contribution is 0.0940. The molecule has 78 valence electrons. The van der Waals surface area contributed by atoms with Crippen LogP contribution < -0.4 is 5.32 Å². The fraction of sp³-hybridized carbons (Fsp3) is 0.250. The predicted octanol–water partition coefficient (Wildman–Crippen LogP) is 0.500. The summed E-state index contributed by atoms with van der Waals surface area (Å²) < 4.78 is 0. The smallest absolute Gasteiger partial charge is 0.288 e. The molecule has 2 rings (SSSR count). The first-order chi connectivity index (χ1) is 7.25. The van der Waals surface area contributed by atoms with E-state index in [4.69, 9.17) is 0 Å². The zero-order valence-electron chi connectivity index (χ0n) is 8.02. The Bertz CT molecular complexity index is 449. The van der Waals surface area contributed by atoms with Gasteiger partial charge in [-0.15, -0.1) is 11.3 Å². The second-order valence-corrected chi connectivity index (χ2v) is 3.94. The largest absolute Gasteiger partial charge is 0.344 e. The quantitative estimate of drug-likeness (QED) is 0.793. The van der Waals surface area contributed by atoms with Crippen molar-refractivity contribution in [1.82, 2.24) is 25.5 Å². The van der Waals surface area contributed by atoms with Gasteiger partial charge in [0.1, 0.15) is 6.33 Å². The number of hydrogen-bond acceptors (Lipinski definition) is 5. The van der Waals surface area contributed by atoms with Gasteiger partial charge in [-0.25, -0.2) is 9.97 Å². The minimum absolute atomic E-state index is 0.210. The molecule has 0 fully saturated rings. The number of H-pyrrole nitrogens is 1. The predicted molar refractivity (Wildman–Crippen MR) is 54.4 cm³/mol. The summed E-state index contributed by atoms with van der Waals surface area (Å²) in [6.45, 7) is 2.33. The van der Waals surface area contributed by atoms with E-state index in [9.17, 15) is 4.79 Å². The molecule has 0 spiro atoms. The number of hydrogen-bond donors (Lipinski definition) is 2. The number of carbonyl (C=O) groups excluding carboxylic acids is 1. The molecule has 2 N–H and O–H groups in total. The van der Waals surface area contributed by atoms with E-state index in [2.05, 4.69) is 25.5 Å². The highest BCUT2D eigenvalue weighted by Gasteiger charge is 2.08. The summed E-state index contributed by atoms with van der Waals surface area (Å²) in [6.07, 6.45) is 1.29. The minimum Gasteiger partial charge on any atom is -0.344 e. The minimum atomic E-state index is -0.279. The summed E-state index contributed by atoms with van der Waals surface area (Å²) in [5, 5.41) is 11.7. The standard InChI is InChI=1S/C8H9N5OS/c1-5-12-6(3-15-5)2-9-8(14)7-10-4-11-13-7/h3-4H,2H2,1H3,(H,9,14)(H,10,11,13). The molecule has 0 atom stereocenters. The zero-order chi connectivity index (χ0) is 10.7. The molecule has 1 amide bonds. The molecule has 7 heteroatoms. The number of carbonyl (C=O) groups is 1. The lowest BCUT2D eigenvalue weighted by Crippen LogP contribution is -2.24. The maximum Gasteiger partial charge on any atom is 0.288 e. The van der Waals surface area contributed by atoms with Crippen molar-refractivity contribution in [3.8, 4) is 0 Å². The first kappa shape index (κ1) is 9.78. The molecule has 0 aliphatic carbocycles. The number of aromatic amines is 1. The maximum atomic E-state index is 11.4. The first-order valence-electron chi connectivity index (χ1n) is 4.30. The lowest BCUT2D eigenvalue weighted by atomic mass is 10.4. The van der Waals surface area contributed by atoms with Gasteiger partial charge in [0.05, 0.1) is 17.2 Å². The Morgan fingerprint density at radius 3 is 3.13 bits per heavy atom. The van der Waals surface area contributed by atoms with E-state index < -0.39 is 0 Å². The van der Waals surface area contributed by atoms with Gasteiger partial charge in [0.25, 0.3) is 5.91 Å². The number of thiazole rings is 1. The second kappa shape index (κ2) is 4.18. The molecule has 2 aromatic heterocycles. The van der Waals surface area contributed by atoms with Gasteiger partial charge >= 0.3 is 0 Å². The highest BCUT2D eigenvalue weighted by Crippen LogP contribution is 2.07. The highest BCUT2D eigenvalue weighted by atomic mass is 32.1. The lowest BCUT2D eigenvalue weighted by Gasteiger charge is -1.98. The molecule has 2 heterocycles. The van der Waals surface area contributed by atoms with Gasteiger partial charge in [-0.2, -0.15) is 5.10 Å². The Balaban J connectivity index is 1.91. The Morgan fingerprint density at radius 2 is 2.53 bits per heavy atom. The molecule has 0 aliphatic rings. The molecule has 0 bridgehead atoms. The monoisotopic (exact) mass is 223 g/mol. The summed E-state index contributed by atoms with van der Waals surface area (Å²) in [6, 6.07) is 0. The fourth-order valence-electron chi connectivity index (χ4n) is 1.06. The summed E-state index contributed by atoms with van der Waals surface area (Å²) in [5.74, 6) is -0.0693. The Labute approximate surface area is 89.8 Å². The molecule has 0 aromatic carbocycles. The topological polar surface area (TPSA) is 83.6 Å². The van der Waals surface area contributed by atoms with Gasteiger partial charge in [0.2, 0.25) is 5.82 Å². The van der Waals surface area contributed by atoms with Crippen LogP contribution in [0, 0.1) is 6.92 Å². The SMILES string of the molecule is Cc1nc(CNC(=O)c2ncn[nH]2)cs1. The third-order valence-corrected chi connectivity index (χ3v) is 2.55. The van der Waals surface area contributed by atoms with E-state index in [1.54, 1.807) is 11.3 Å². The van der Waals surface area contributed by atoms with Gasteiger partial charge in [-0.1, -0.05) is 0 Å². The average molecular weight is 223 g/mol. The number of nitrogens with zero attached hydrogens (tertiary/aromatic N) is 3. The molecule has 0 saturated heterocycles. The van der Waals surface area contributed by atoms with Gasteiger partial charge < -0.3 is 5.32 Å². The number of aromatic nitrogens is 4. The first-order valence-corrected chi connectivity index (χ1v) is 5.18. The van der Waals surface area contributed by atoms with Crippen molar-refractivity contribution in [3.63, 3.8) is 0 Å². The molecule has 6 nitrogen and oxygen atoms in total. The molecule has 0 aliphatic heterocycles. The summed E-state index contributed by atoms with van der Waals surface area (Å²) in [7, 11) is 0. The highest BCUT2D eigenvalue weighted by molar-refractivity contribution is 7.09. The van der Waals surface area contributed by atoms with Crippen LogP contribution in [0.25, 0.3) is 0 Å². The van der Waals surface area contributed by atoms with Gasteiger partial charge in [0, 0.05) is 5.38 Å². The van der Waals surface area contributed by atoms with E-state index >= 15 is 0 Å². The summed E-state index contributed by atoms with van der Waals surface area (Å²) in [4.78, 5) is 19.4. The molecule has 15 heavy (non-hydrogen) atoms. The third-order valence-electron chi connectivity index (χ3n) is 1.73. The molecule has 0 radical (unpaired) electrons. The van der Waals surface area contributed by atoms with E-state index in [0.29, 0.717) is 6.54 Å². The Hall–Kier alpha value is -1.76. The van der Waals surface area contributed by atoms with Crippen molar-refractivity contribution >= 4 is 17.2 Å². The number of amides is 1. The van der Waals surface area contributed by atoms with Crippen LogP contribution in [0.2, 0.25) is 0 Å². The van der Waals surface area contributed by atoms with Crippen LogP contribution in [0.1, 0.15) is 21.3 Å². The second-order valence-electron chi connectivity index (χ2n) is 2.87. The van der Waals surface area contributed by atoms with E-state index in [-0.39, 0.29) is 11.7 Å². The van der Waals surface area contributed by atoms with Crippen LogP contribution in [0.5, 0.6) is 0 Å². The maximum absolute atomic E-state index is 11.4. The molecule has 2 aromatic rings. The average Bonchev–Trinajstić information content (AvgIpc) is 2.84. The Morgan fingerprint density at radius 1 is 1.67 bits per heavy atom. The fourth-order valence-corrected chi connectivity index (χ4v) is 1.67. The molecular weight excluding hydrogens is 214 g/mol. The van der Waals surface area contributed by atoms with Crippen LogP contribution in [0.3, 0.4) is 0 Å². The molecule has 0 unspecified atom stereocenters. The van der Waals surface area contributed by atoms with E-state index in [1.165, 1.54) is 6.33 Å². The van der Waals surface area contributed by atoms with Crippen molar-refractivity contribution < 1.29 is 4.79 Å².